The van der Waals surface area contributed by atoms with E-state index in [1.807, 2.05) is 43.0 Å². The maximum Gasteiger partial charge on any atom is 0.390 e. The van der Waals surface area contributed by atoms with Crippen molar-refractivity contribution in [2.24, 2.45) is 0 Å². The molecule has 2 rings (SSSR count). The maximum absolute atomic E-state index is 12.4. The third-order valence-corrected chi connectivity index (χ3v) is 3.34. The molecule has 1 heterocycles. The Kier molecular flexibility index (Phi) is 3.76. The topological polar surface area (TPSA) is 15.3 Å². The second-order valence-corrected chi connectivity index (χ2v) is 5.65. The van der Waals surface area contributed by atoms with Gasteiger partial charge in [0.25, 0.3) is 0 Å². The Morgan fingerprint density at radius 2 is 1.95 bits per heavy atom. The molecule has 0 radical (unpaired) electrons. The van der Waals surface area contributed by atoms with Crippen LogP contribution in [0.5, 0.6) is 0 Å². The Bertz CT molecular complexity index is 441. The minimum Gasteiger partial charge on any atom is -0.369 e. The first kappa shape index (κ1) is 14.2. The fraction of sp³-hybridized carbons (Fsp3) is 0.571. The molecule has 0 aliphatic carbocycles. The average Bonchev–Trinajstić information content (AvgIpc) is 2.43. The van der Waals surface area contributed by atoms with Crippen LogP contribution in [0.1, 0.15) is 25.8 Å². The van der Waals surface area contributed by atoms with Crippen molar-refractivity contribution in [2.75, 3.05) is 18.0 Å². The lowest BCUT2D eigenvalue weighted by Gasteiger charge is -2.32. The van der Waals surface area contributed by atoms with Crippen LogP contribution in [-0.2, 0) is 6.54 Å². The largest absolute Gasteiger partial charge is 0.390 e. The molecule has 0 amide bonds. The fourth-order valence-corrected chi connectivity index (χ4v) is 2.38. The molecule has 1 N–H and O–H groups in total. The number of hydrogen-bond donors (Lipinski definition) is 1. The van der Waals surface area contributed by atoms with Crippen LogP contribution < -0.4 is 10.2 Å². The first-order valence-electron chi connectivity index (χ1n) is 6.41. The highest BCUT2D eigenvalue weighted by Crippen LogP contribution is 2.28. The van der Waals surface area contributed by atoms with Crippen LogP contribution in [0, 0.1) is 0 Å². The van der Waals surface area contributed by atoms with Crippen molar-refractivity contribution in [3.8, 4) is 0 Å². The predicted molar refractivity (Wildman–Crippen MR) is 70.2 cm³/mol. The van der Waals surface area contributed by atoms with Gasteiger partial charge in [0, 0.05) is 30.9 Å². The Balaban J connectivity index is 2.22. The highest BCUT2D eigenvalue weighted by atomic mass is 19.4. The molecule has 19 heavy (non-hydrogen) atoms. The second kappa shape index (κ2) is 5.04. The third kappa shape index (κ3) is 3.86. The van der Waals surface area contributed by atoms with Crippen molar-refractivity contribution in [2.45, 2.75) is 38.5 Å². The van der Waals surface area contributed by atoms with Crippen LogP contribution in [0.3, 0.4) is 0 Å². The van der Waals surface area contributed by atoms with Gasteiger partial charge in [-0.1, -0.05) is 18.2 Å². The van der Waals surface area contributed by atoms with Gasteiger partial charge in [0.2, 0.25) is 0 Å². The van der Waals surface area contributed by atoms with E-state index in [4.69, 9.17) is 0 Å². The van der Waals surface area contributed by atoms with Crippen LogP contribution in [-0.4, -0.2) is 24.8 Å². The van der Waals surface area contributed by atoms with E-state index >= 15 is 0 Å². The number of nitrogens with zero attached hydrogens (tertiary/aromatic N) is 1. The van der Waals surface area contributed by atoms with Crippen molar-refractivity contribution in [1.82, 2.24) is 5.32 Å². The minimum atomic E-state index is -4.11. The van der Waals surface area contributed by atoms with Gasteiger partial charge in [0.05, 0.1) is 6.42 Å². The smallest absolute Gasteiger partial charge is 0.369 e. The normalized spacial score (nSPS) is 18.9. The average molecular weight is 272 g/mol. The van der Waals surface area contributed by atoms with Gasteiger partial charge in [-0.3, -0.25) is 0 Å². The molecule has 1 aliphatic rings. The summed E-state index contributed by atoms with van der Waals surface area (Å²) in [6.45, 7) is 5.29. The molecule has 0 aromatic heterocycles. The SMILES string of the molecule is CC1(C)CN(CCC(F)(F)F)c2ccccc2CN1. The Morgan fingerprint density at radius 3 is 2.63 bits per heavy atom. The lowest BCUT2D eigenvalue weighted by Crippen LogP contribution is -2.47. The number of benzene rings is 1. The molecule has 106 valence electrons. The van der Waals surface area contributed by atoms with Crippen LogP contribution in [0.4, 0.5) is 18.9 Å². The minimum absolute atomic E-state index is 0.00558. The third-order valence-electron chi connectivity index (χ3n) is 3.34. The summed E-state index contributed by atoms with van der Waals surface area (Å²) in [4.78, 5) is 1.84. The van der Waals surface area contributed by atoms with E-state index in [2.05, 4.69) is 5.32 Å². The molecule has 0 atom stereocenters. The molecule has 2 nitrogen and oxygen atoms in total. The number of halogens is 3. The number of rotatable bonds is 2. The summed E-state index contributed by atoms with van der Waals surface area (Å²) in [6, 6.07) is 7.65. The van der Waals surface area contributed by atoms with Gasteiger partial charge < -0.3 is 10.2 Å². The highest BCUT2D eigenvalue weighted by molar-refractivity contribution is 5.55. The standard InChI is InChI=1S/C14H19F3N2/c1-13(2)10-19(8-7-14(15,16)17)12-6-4-3-5-11(12)9-18-13/h3-6,18H,7-10H2,1-2H3. The van der Waals surface area contributed by atoms with E-state index < -0.39 is 12.6 Å². The summed E-state index contributed by atoms with van der Waals surface area (Å²) in [6.07, 6.45) is -4.89. The van der Waals surface area contributed by atoms with Crippen molar-refractivity contribution < 1.29 is 13.2 Å². The molecule has 1 aromatic rings. The molecule has 1 aliphatic heterocycles. The number of fused-ring (bicyclic) bond motifs is 1. The van der Waals surface area contributed by atoms with Crippen LogP contribution >= 0.6 is 0 Å². The van der Waals surface area contributed by atoms with E-state index in [0.29, 0.717) is 13.1 Å². The summed E-state index contributed by atoms with van der Waals surface area (Å²) >= 11 is 0. The Morgan fingerprint density at radius 1 is 1.26 bits per heavy atom. The summed E-state index contributed by atoms with van der Waals surface area (Å²) in [5.74, 6) is 0. The number of alkyl halides is 3. The van der Waals surface area contributed by atoms with Gasteiger partial charge in [0.1, 0.15) is 0 Å². The van der Waals surface area contributed by atoms with Crippen molar-refractivity contribution in [3.63, 3.8) is 0 Å². The summed E-state index contributed by atoms with van der Waals surface area (Å²) in [5, 5.41) is 3.38. The predicted octanol–water partition coefficient (Wildman–Crippen LogP) is 3.33. The van der Waals surface area contributed by atoms with E-state index in [0.717, 1.165) is 11.3 Å². The molecular formula is C14H19F3N2. The number of para-hydroxylation sites is 1. The van der Waals surface area contributed by atoms with Crippen LogP contribution in [0.25, 0.3) is 0 Å². The first-order valence-corrected chi connectivity index (χ1v) is 6.41. The molecule has 0 bridgehead atoms. The van der Waals surface area contributed by atoms with E-state index in [1.165, 1.54) is 0 Å². The Labute approximate surface area is 111 Å². The number of nitrogens with one attached hydrogen (secondary N) is 1. The molecule has 0 spiro atoms. The quantitative estimate of drug-likeness (QED) is 0.888. The first-order chi connectivity index (χ1) is 8.77. The van der Waals surface area contributed by atoms with Gasteiger partial charge >= 0.3 is 6.18 Å². The molecule has 0 saturated carbocycles. The van der Waals surface area contributed by atoms with E-state index in [1.54, 1.807) is 0 Å². The van der Waals surface area contributed by atoms with Crippen LogP contribution in [0.15, 0.2) is 24.3 Å². The van der Waals surface area contributed by atoms with Crippen molar-refractivity contribution in [1.29, 1.82) is 0 Å². The van der Waals surface area contributed by atoms with Gasteiger partial charge in [-0.2, -0.15) is 13.2 Å². The lowest BCUT2D eigenvalue weighted by atomic mass is 10.1. The van der Waals surface area contributed by atoms with Gasteiger partial charge in [-0.15, -0.1) is 0 Å². The van der Waals surface area contributed by atoms with Crippen LogP contribution in [0.2, 0.25) is 0 Å². The lowest BCUT2D eigenvalue weighted by molar-refractivity contribution is -0.132. The zero-order valence-electron chi connectivity index (χ0n) is 11.2. The van der Waals surface area contributed by atoms with Gasteiger partial charge in [-0.25, -0.2) is 0 Å². The molecule has 0 fully saturated rings. The van der Waals surface area contributed by atoms with Crippen molar-refractivity contribution in [3.05, 3.63) is 29.8 Å². The monoisotopic (exact) mass is 272 g/mol. The summed E-state index contributed by atoms with van der Waals surface area (Å²) < 4.78 is 37.3. The zero-order valence-corrected chi connectivity index (χ0v) is 11.2. The van der Waals surface area contributed by atoms with E-state index in [9.17, 15) is 13.2 Å². The zero-order chi connectivity index (χ0) is 14.1. The van der Waals surface area contributed by atoms with Gasteiger partial charge in [-0.05, 0) is 25.5 Å². The molecule has 0 unspecified atom stereocenters. The second-order valence-electron chi connectivity index (χ2n) is 5.65. The maximum atomic E-state index is 12.4. The van der Waals surface area contributed by atoms with E-state index in [-0.39, 0.29) is 12.1 Å². The molecular weight excluding hydrogens is 253 g/mol. The summed E-state index contributed by atoms with van der Waals surface area (Å²) in [7, 11) is 0. The Hall–Kier alpha value is -1.23. The molecule has 0 saturated heterocycles. The summed E-state index contributed by atoms with van der Waals surface area (Å²) in [5.41, 5.74) is 1.75. The molecule has 5 heteroatoms. The number of anilines is 1. The van der Waals surface area contributed by atoms with Gasteiger partial charge in [0.15, 0.2) is 0 Å². The van der Waals surface area contributed by atoms with Crippen molar-refractivity contribution >= 4 is 5.69 Å². The fourth-order valence-electron chi connectivity index (χ4n) is 2.38. The number of hydrogen-bond acceptors (Lipinski definition) is 2. The molecule has 1 aromatic carbocycles. The highest BCUT2D eigenvalue weighted by Gasteiger charge is 2.31.